The number of hydrogen-bond acceptors (Lipinski definition) is 3. The summed E-state index contributed by atoms with van der Waals surface area (Å²) in [6.07, 6.45) is 2.04. The van der Waals surface area contributed by atoms with Gasteiger partial charge in [-0.15, -0.1) is 0 Å². The summed E-state index contributed by atoms with van der Waals surface area (Å²) in [7, 11) is 0. The molecular formula is C23H26N4O2. The van der Waals surface area contributed by atoms with Crippen LogP contribution in [0.1, 0.15) is 41.3 Å². The molecule has 1 aliphatic rings. The Morgan fingerprint density at radius 1 is 1.07 bits per heavy atom. The predicted molar refractivity (Wildman–Crippen MR) is 112 cm³/mol. The summed E-state index contributed by atoms with van der Waals surface area (Å²) in [6.45, 7) is 5.43. The minimum Gasteiger partial charge on any atom is -0.342 e. The summed E-state index contributed by atoms with van der Waals surface area (Å²) in [5.74, 6) is 1.06. The van der Waals surface area contributed by atoms with E-state index in [1.54, 1.807) is 4.57 Å². The molecule has 4 rings (SSSR count). The van der Waals surface area contributed by atoms with Crippen molar-refractivity contribution in [2.45, 2.75) is 39.0 Å². The van der Waals surface area contributed by atoms with E-state index >= 15 is 0 Å². The van der Waals surface area contributed by atoms with E-state index < -0.39 is 0 Å². The second kappa shape index (κ2) is 8.07. The lowest BCUT2D eigenvalue weighted by Crippen LogP contribution is -2.39. The van der Waals surface area contributed by atoms with Crippen LogP contribution in [-0.2, 0) is 11.2 Å². The van der Waals surface area contributed by atoms with E-state index in [0.29, 0.717) is 19.5 Å². The van der Waals surface area contributed by atoms with Gasteiger partial charge < -0.3 is 4.90 Å². The number of carbonyl (C=O) groups excluding carboxylic acids is 1. The van der Waals surface area contributed by atoms with Crippen molar-refractivity contribution in [1.82, 2.24) is 19.7 Å². The number of rotatable bonds is 4. The average molecular weight is 390 g/mol. The minimum atomic E-state index is -0.221. The molecule has 1 N–H and O–H groups in total. The van der Waals surface area contributed by atoms with Crippen LogP contribution in [0, 0.1) is 13.8 Å². The number of piperidine rings is 1. The second-order valence-corrected chi connectivity index (χ2v) is 7.88. The molecule has 0 spiro atoms. The van der Waals surface area contributed by atoms with E-state index in [0.717, 1.165) is 35.5 Å². The molecule has 29 heavy (non-hydrogen) atoms. The van der Waals surface area contributed by atoms with Gasteiger partial charge in [0.25, 0.3) is 0 Å². The summed E-state index contributed by atoms with van der Waals surface area (Å²) >= 11 is 0. The van der Waals surface area contributed by atoms with E-state index in [1.165, 1.54) is 5.56 Å². The van der Waals surface area contributed by atoms with E-state index in [1.807, 2.05) is 61.2 Å². The maximum atomic E-state index is 12.7. The lowest BCUT2D eigenvalue weighted by atomic mass is 9.95. The highest BCUT2D eigenvalue weighted by Gasteiger charge is 2.28. The Morgan fingerprint density at radius 3 is 2.48 bits per heavy atom. The lowest BCUT2D eigenvalue weighted by Gasteiger charge is -2.31. The first-order chi connectivity index (χ1) is 14.0. The van der Waals surface area contributed by atoms with Crippen molar-refractivity contribution in [2.75, 3.05) is 13.1 Å². The number of H-pyrrole nitrogens is 1. The average Bonchev–Trinajstić information content (AvgIpc) is 3.10. The van der Waals surface area contributed by atoms with Gasteiger partial charge in [-0.1, -0.05) is 47.5 Å². The SMILES string of the molecule is Cc1ccc(-n2c(C3CCN(C(=O)Cc4cccc(C)c4)CC3)n[nH]c2=O)cc1. The van der Waals surface area contributed by atoms with Crippen molar-refractivity contribution in [3.63, 3.8) is 0 Å². The van der Waals surface area contributed by atoms with Crippen molar-refractivity contribution in [3.05, 3.63) is 81.5 Å². The Morgan fingerprint density at radius 2 is 1.79 bits per heavy atom. The Balaban J connectivity index is 1.44. The maximum Gasteiger partial charge on any atom is 0.347 e. The van der Waals surface area contributed by atoms with Crippen molar-refractivity contribution in [2.24, 2.45) is 0 Å². The monoisotopic (exact) mass is 390 g/mol. The fraction of sp³-hybridized carbons (Fsp3) is 0.348. The summed E-state index contributed by atoms with van der Waals surface area (Å²) in [4.78, 5) is 27.0. The highest BCUT2D eigenvalue weighted by Crippen LogP contribution is 2.27. The zero-order valence-electron chi connectivity index (χ0n) is 16.9. The van der Waals surface area contributed by atoms with Gasteiger partial charge in [0.2, 0.25) is 5.91 Å². The van der Waals surface area contributed by atoms with Crippen LogP contribution in [0.25, 0.3) is 5.69 Å². The molecule has 6 nitrogen and oxygen atoms in total. The fourth-order valence-corrected chi connectivity index (χ4v) is 4.02. The smallest absolute Gasteiger partial charge is 0.342 e. The van der Waals surface area contributed by atoms with Crippen LogP contribution in [0.2, 0.25) is 0 Å². The van der Waals surface area contributed by atoms with Crippen LogP contribution >= 0.6 is 0 Å². The number of aromatic nitrogens is 3. The molecule has 0 bridgehead atoms. The van der Waals surface area contributed by atoms with Crippen molar-refractivity contribution in [3.8, 4) is 5.69 Å². The zero-order chi connectivity index (χ0) is 20.4. The van der Waals surface area contributed by atoms with Gasteiger partial charge in [0.05, 0.1) is 12.1 Å². The van der Waals surface area contributed by atoms with Gasteiger partial charge in [-0.25, -0.2) is 14.5 Å². The number of nitrogens with one attached hydrogen (secondary N) is 1. The Labute approximate surface area is 170 Å². The number of aryl methyl sites for hydroxylation is 2. The lowest BCUT2D eigenvalue weighted by molar-refractivity contribution is -0.131. The largest absolute Gasteiger partial charge is 0.347 e. The van der Waals surface area contributed by atoms with Gasteiger partial charge in [-0.3, -0.25) is 4.79 Å². The number of amides is 1. The van der Waals surface area contributed by atoms with Crippen molar-refractivity contribution < 1.29 is 4.79 Å². The number of hydrogen-bond donors (Lipinski definition) is 1. The number of carbonyl (C=O) groups is 1. The molecule has 1 fully saturated rings. The zero-order valence-corrected chi connectivity index (χ0v) is 16.9. The third kappa shape index (κ3) is 4.16. The van der Waals surface area contributed by atoms with Gasteiger partial charge in [-0.05, 0) is 44.4 Å². The van der Waals surface area contributed by atoms with Gasteiger partial charge in [-0.2, -0.15) is 5.10 Å². The van der Waals surface area contributed by atoms with Crippen LogP contribution < -0.4 is 5.69 Å². The molecule has 0 radical (unpaired) electrons. The van der Waals surface area contributed by atoms with Gasteiger partial charge in [0.15, 0.2) is 0 Å². The molecule has 0 unspecified atom stereocenters. The molecule has 0 atom stereocenters. The predicted octanol–water partition coefficient (Wildman–Crippen LogP) is 3.13. The fourth-order valence-electron chi connectivity index (χ4n) is 4.02. The molecule has 1 amide bonds. The number of aromatic amines is 1. The van der Waals surface area contributed by atoms with E-state index in [9.17, 15) is 9.59 Å². The normalized spacial score (nSPS) is 14.9. The van der Waals surface area contributed by atoms with E-state index in [4.69, 9.17) is 0 Å². The van der Waals surface area contributed by atoms with Gasteiger partial charge >= 0.3 is 5.69 Å². The number of benzene rings is 2. The Hall–Kier alpha value is -3.15. The van der Waals surface area contributed by atoms with Crippen LogP contribution in [0.3, 0.4) is 0 Å². The highest BCUT2D eigenvalue weighted by molar-refractivity contribution is 5.79. The van der Waals surface area contributed by atoms with Crippen LogP contribution in [-0.4, -0.2) is 38.7 Å². The minimum absolute atomic E-state index is 0.151. The van der Waals surface area contributed by atoms with Gasteiger partial charge in [0, 0.05) is 19.0 Å². The molecule has 150 valence electrons. The third-order valence-corrected chi connectivity index (χ3v) is 5.64. The molecule has 0 aliphatic carbocycles. The maximum absolute atomic E-state index is 12.7. The van der Waals surface area contributed by atoms with Gasteiger partial charge in [0.1, 0.15) is 5.82 Å². The molecule has 2 aromatic carbocycles. The highest BCUT2D eigenvalue weighted by atomic mass is 16.2. The first-order valence-electron chi connectivity index (χ1n) is 10.1. The third-order valence-electron chi connectivity index (χ3n) is 5.64. The molecule has 3 aromatic rings. The standard InChI is InChI=1S/C23H26N4O2/c1-16-6-8-20(9-7-16)27-22(24-25-23(27)29)19-10-12-26(13-11-19)21(28)15-18-5-3-4-17(2)14-18/h3-9,14,19H,10-13,15H2,1-2H3,(H,25,29). The Kier molecular flexibility index (Phi) is 5.34. The molecular weight excluding hydrogens is 364 g/mol. The summed E-state index contributed by atoms with van der Waals surface area (Å²) in [5.41, 5.74) is 3.97. The number of likely N-dealkylation sites (tertiary alicyclic amines) is 1. The van der Waals surface area contributed by atoms with Crippen LogP contribution in [0.15, 0.2) is 53.3 Å². The quantitative estimate of drug-likeness (QED) is 0.744. The molecule has 2 heterocycles. The molecule has 0 saturated carbocycles. The Bertz CT molecular complexity index is 1060. The molecule has 6 heteroatoms. The first-order valence-corrected chi connectivity index (χ1v) is 10.1. The van der Waals surface area contributed by atoms with Crippen LogP contribution in [0.5, 0.6) is 0 Å². The number of nitrogens with zero attached hydrogens (tertiary/aromatic N) is 3. The first kappa shape index (κ1) is 19.2. The summed E-state index contributed by atoms with van der Waals surface area (Å²) < 4.78 is 1.66. The molecule has 1 aromatic heterocycles. The van der Waals surface area contributed by atoms with Crippen LogP contribution in [0.4, 0.5) is 0 Å². The topological polar surface area (TPSA) is 71.0 Å². The molecule has 1 aliphatic heterocycles. The van der Waals surface area contributed by atoms with E-state index in [2.05, 4.69) is 16.3 Å². The van der Waals surface area contributed by atoms with E-state index in [-0.39, 0.29) is 17.5 Å². The second-order valence-electron chi connectivity index (χ2n) is 7.88. The molecule has 1 saturated heterocycles. The van der Waals surface area contributed by atoms with Crippen molar-refractivity contribution in [1.29, 1.82) is 0 Å². The van der Waals surface area contributed by atoms with Crippen molar-refractivity contribution >= 4 is 5.91 Å². The summed E-state index contributed by atoms with van der Waals surface area (Å²) in [6, 6.07) is 16.0. The summed E-state index contributed by atoms with van der Waals surface area (Å²) in [5, 5.41) is 6.90.